The van der Waals surface area contributed by atoms with E-state index in [1.165, 1.54) is 12.1 Å². The molecule has 1 amide bonds. The van der Waals surface area contributed by atoms with Crippen LogP contribution in [-0.4, -0.2) is 62.3 Å². The lowest BCUT2D eigenvalue weighted by atomic mass is 10.1. The van der Waals surface area contributed by atoms with Gasteiger partial charge in [-0.15, -0.1) is 0 Å². The summed E-state index contributed by atoms with van der Waals surface area (Å²) < 4.78 is 11.6. The third kappa shape index (κ3) is 6.24. The topological polar surface area (TPSA) is 54.0 Å². The number of hydrogen-bond donors (Lipinski definition) is 1. The lowest BCUT2D eigenvalue weighted by Crippen LogP contribution is -2.52. The van der Waals surface area contributed by atoms with Gasteiger partial charge in [-0.1, -0.05) is 30.3 Å². The Balaban J connectivity index is 1.23. The Morgan fingerprint density at radius 3 is 2.66 bits per heavy atom. The standard InChI is InChI=1S/C26H35N3O3/c1-21(26(30)29-15-13-28(14-16-29)24-10-3-2-4-11-24)27-23-9-7-8-22(18-23)19-31-20-25-12-5-6-17-32-25/h2-4,7-11,18,21,25,27H,5-6,12-17,19-20H2,1H3. The molecule has 0 bridgehead atoms. The van der Waals surface area contributed by atoms with Crippen LogP contribution in [0.15, 0.2) is 54.6 Å². The second-order valence-corrected chi connectivity index (χ2v) is 8.72. The molecule has 0 saturated carbocycles. The number of anilines is 2. The fourth-order valence-corrected chi connectivity index (χ4v) is 4.41. The number of hydrogen-bond acceptors (Lipinski definition) is 5. The third-order valence-electron chi connectivity index (χ3n) is 6.24. The molecule has 0 aromatic heterocycles. The van der Waals surface area contributed by atoms with Crippen molar-refractivity contribution < 1.29 is 14.3 Å². The first-order valence-electron chi connectivity index (χ1n) is 11.8. The van der Waals surface area contributed by atoms with Crippen LogP contribution in [0, 0.1) is 0 Å². The Morgan fingerprint density at radius 2 is 1.91 bits per heavy atom. The number of para-hydroxylation sites is 1. The van der Waals surface area contributed by atoms with Crippen LogP contribution in [0.2, 0.25) is 0 Å². The highest BCUT2D eigenvalue weighted by atomic mass is 16.5. The van der Waals surface area contributed by atoms with Crippen LogP contribution < -0.4 is 10.2 Å². The van der Waals surface area contributed by atoms with Gasteiger partial charge in [0.05, 0.1) is 19.3 Å². The highest BCUT2D eigenvalue weighted by Crippen LogP contribution is 2.18. The van der Waals surface area contributed by atoms with Crippen LogP contribution >= 0.6 is 0 Å². The molecule has 6 heteroatoms. The number of nitrogens with one attached hydrogen (secondary N) is 1. The minimum absolute atomic E-state index is 0.147. The predicted molar refractivity (Wildman–Crippen MR) is 128 cm³/mol. The van der Waals surface area contributed by atoms with Gasteiger partial charge in [-0.05, 0) is 56.0 Å². The zero-order valence-corrected chi connectivity index (χ0v) is 19.0. The molecule has 0 spiro atoms. The van der Waals surface area contributed by atoms with Gasteiger partial charge in [-0.3, -0.25) is 4.79 Å². The fourth-order valence-electron chi connectivity index (χ4n) is 4.41. The van der Waals surface area contributed by atoms with Crippen molar-refractivity contribution in [3.8, 4) is 0 Å². The Kier molecular flexibility index (Phi) is 8.02. The van der Waals surface area contributed by atoms with E-state index < -0.39 is 0 Å². The van der Waals surface area contributed by atoms with Crippen LogP contribution in [0.3, 0.4) is 0 Å². The minimum atomic E-state index is -0.273. The van der Waals surface area contributed by atoms with Crippen molar-refractivity contribution in [2.45, 2.75) is 44.9 Å². The van der Waals surface area contributed by atoms with Gasteiger partial charge in [-0.25, -0.2) is 0 Å². The van der Waals surface area contributed by atoms with E-state index in [0.29, 0.717) is 13.2 Å². The summed E-state index contributed by atoms with van der Waals surface area (Å²) in [4.78, 5) is 17.3. The van der Waals surface area contributed by atoms with Crippen molar-refractivity contribution in [2.24, 2.45) is 0 Å². The number of carbonyl (C=O) groups is 1. The first kappa shape index (κ1) is 22.6. The molecule has 32 heavy (non-hydrogen) atoms. The van der Waals surface area contributed by atoms with Crippen LogP contribution in [0.1, 0.15) is 31.7 Å². The van der Waals surface area contributed by atoms with Crippen molar-refractivity contribution in [3.05, 3.63) is 60.2 Å². The maximum Gasteiger partial charge on any atom is 0.244 e. The molecule has 2 fully saturated rings. The van der Waals surface area contributed by atoms with E-state index in [1.807, 2.05) is 30.0 Å². The molecular formula is C26H35N3O3. The molecule has 1 N–H and O–H groups in total. The Hall–Kier alpha value is -2.57. The number of piperazine rings is 1. The number of amides is 1. The lowest BCUT2D eigenvalue weighted by Gasteiger charge is -2.37. The van der Waals surface area contributed by atoms with E-state index in [9.17, 15) is 4.79 Å². The third-order valence-corrected chi connectivity index (χ3v) is 6.24. The quantitative estimate of drug-likeness (QED) is 0.678. The average molecular weight is 438 g/mol. The van der Waals surface area contributed by atoms with Crippen molar-refractivity contribution in [1.82, 2.24) is 4.90 Å². The predicted octanol–water partition coefficient (Wildman–Crippen LogP) is 3.92. The van der Waals surface area contributed by atoms with Crippen molar-refractivity contribution in [1.29, 1.82) is 0 Å². The number of benzene rings is 2. The average Bonchev–Trinajstić information content (AvgIpc) is 2.85. The maximum atomic E-state index is 13.0. The van der Waals surface area contributed by atoms with Crippen LogP contribution in [0.25, 0.3) is 0 Å². The number of ether oxygens (including phenoxy) is 2. The zero-order chi connectivity index (χ0) is 22.2. The molecular weight excluding hydrogens is 402 g/mol. The van der Waals surface area contributed by atoms with Crippen molar-refractivity contribution in [2.75, 3.05) is 49.6 Å². The van der Waals surface area contributed by atoms with Crippen molar-refractivity contribution >= 4 is 17.3 Å². The molecule has 2 heterocycles. The first-order valence-corrected chi connectivity index (χ1v) is 11.8. The molecule has 6 nitrogen and oxygen atoms in total. The summed E-state index contributed by atoms with van der Waals surface area (Å²) in [7, 11) is 0. The Morgan fingerprint density at radius 1 is 1.09 bits per heavy atom. The summed E-state index contributed by atoms with van der Waals surface area (Å²) in [5.41, 5.74) is 3.27. The van der Waals surface area contributed by atoms with E-state index in [-0.39, 0.29) is 18.1 Å². The maximum absolute atomic E-state index is 13.0. The molecule has 4 rings (SSSR count). The number of nitrogens with zero attached hydrogens (tertiary/aromatic N) is 2. The van der Waals surface area contributed by atoms with E-state index >= 15 is 0 Å². The number of rotatable bonds is 8. The molecule has 0 radical (unpaired) electrons. The molecule has 2 aliphatic heterocycles. The molecule has 2 aliphatic rings. The molecule has 0 aliphatic carbocycles. The van der Waals surface area contributed by atoms with Gasteiger partial charge in [0.15, 0.2) is 0 Å². The molecule has 2 saturated heterocycles. The Bertz CT molecular complexity index is 846. The van der Waals surface area contributed by atoms with Gasteiger partial charge < -0.3 is 24.6 Å². The molecule has 2 unspecified atom stereocenters. The summed E-state index contributed by atoms with van der Waals surface area (Å²) in [6, 6.07) is 18.3. The van der Waals surface area contributed by atoms with E-state index in [0.717, 1.165) is 56.9 Å². The minimum Gasteiger partial charge on any atom is -0.376 e. The van der Waals surface area contributed by atoms with Gasteiger partial charge in [0.2, 0.25) is 5.91 Å². The molecule has 172 valence electrons. The van der Waals surface area contributed by atoms with Gasteiger partial charge in [0.1, 0.15) is 6.04 Å². The van der Waals surface area contributed by atoms with E-state index in [2.05, 4.69) is 46.6 Å². The molecule has 2 aromatic rings. The van der Waals surface area contributed by atoms with Gasteiger partial charge in [0.25, 0.3) is 0 Å². The second-order valence-electron chi connectivity index (χ2n) is 8.72. The van der Waals surface area contributed by atoms with Gasteiger partial charge >= 0.3 is 0 Å². The van der Waals surface area contributed by atoms with E-state index in [4.69, 9.17) is 9.47 Å². The summed E-state index contributed by atoms with van der Waals surface area (Å²) in [5, 5.41) is 3.38. The SMILES string of the molecule is CC(Nc1cccc(COCC2CCCCO2)c1)C(=O)N1CCN(c2ccccc2)CC1. The fraction of sp³-hybridized carbons (Fsp3) is 0.500. The summed E-state index contributed by atoms with van der Waals surface area (Å²) >= 11 is 0. The van der Waals surface area contributed by atoms with Crippen LogP contribution in [0.5, 0.6) is 0 Å². The smallest absolute Gasteiger partial charge is 0.244 e. The molecule has 2 aromatic carbocycles. The monoisotopic (exact) mass is 437 g/mol. The van der Waals surface area contributed by atoms with Gasteiger partial charge in [0, 0.05) is 44.2 Å². The first-order chi connectivity index (χ1) is 15.7. The zero-order valence-electron chi connectivity index (χ0n) is 19.0. The summed E-state index contributed by atoms with van der Waals surface area (Å²) in [6.45, 7) is 7.20. The van der Waals surface area contributed by atoms with Crippen LogP contribution in [0.4, 0.5) is 11.4 Å². The lowest BCUT2D eigenvalue weighted by molar-refractivity contribution is -0.131. The molecule has 2 atom stereocenters. The highest BCUT2D eigenvalue weighted by Gasteiger charge is 2.25. The summed E-state index contributed by atoms with van der Waals surface area (Å²) in [5.74, 6) is 0.147. The van der Waals surface area contributed by atoms with Gasteiger partial charge in [-0.2, -0.15) is 0 Å². The Labute approximate surface area is 191 Å². The van der Waals surface area contributed by atoms with Crippen molar-refractivity contribution in [3.63, 3.8) is 0 Å². The largest absolute Gasteiger partial charge is 0.376 e. The normalized spacial score (nSPS) is 20.1. The number of carbonyl (C=O) groups excluding carboxylic acids is 1. The van der Waals surface area contributed by atoms with Crippen LogP contribution in [-0.2, 0) is 20.9 Å². The van der Waals surface area contributed by atoms with E-state index in [1.54, 1.807) is 0 Å². The highest BCUT2D eigenvalue weighted by molar-refractivity contribution is 5.84. The summed E-state index contributed by atoms with van der Waals surface area (Å²) in [6.07, 6.45) is 3.69. The second kappa shape index (κ2) is 11.3.